The fraction of sp³-hybridized carbons (Fsp3) is 0.600. The number of methoxy groups -OCH3 is 2. The highest BCUT2D eigenvalue weighted by Crippen LogP contribution is 2.28. The maximum Gasteiger partial charge on any atom is 0.305 e. The number of nitrogens with one attached hydrogen (secondary N) is 1. The van der Waals surface area contributed by atoms with Crippen molar-refractivity contribution in [2.45, 2.75) is 26.2 Å². The Labute approximate surface area is 162 Å². The van der Waals surface area contributed by atoms with Crippen molar-refractivity contribution in [2.24, 2.45) is 4.99 Å². The Morgan fingerprint density at radius 2 is 1.89 bits per heavy atom. The molecule has 0 spiro atoms. The van der Waals surface area contributed by atoms with Gasteiger partial charge in [-0.05, 0) is 31.9 Å². The number of hydrogen-bond acceptors (Lipinski definition) is 5. The summed E-state index contributed by atoms with van der Waals surface area (Å²) in [4.78, 5) is 20.5. The maximum atomic E-state index is 11.2. The molecule has 27 heavy (non-hydrogen) atoms. The van der Waals surface area contributed by atoms with Crippen LogP contribution in [0, 0.1) is 0 Å². The molecule has 1 fully saturated rings. The first kappa shape index (κ1) is 20.9. The number of para-hydroxylation sites is 2. The number of ether oxygens (including phenoxy) is 2. The van der Waals surface area contributed by atoms with E-state index in [4.69, 9.17) is 9.73 Å². The van der Waals surface area contributed by atoms with Crippen molar-refractivity contribution in [1.29, 1.82) is 0 Å². The number of rotatable bonds is 8. The van der Waals surface area contributed by atoms with Crippen molar-refractivity contribution in [3.05, 3.63) is 24.3 Å². The van der Waals surface area contributed by atoms with Crippen LogP contribution in [0.5, 0.6) is 5.75 Å². The average molecular weight is 377 g/mol. The van der Waals surface area contributed by atoms with E-state index in [1.807, 2.05) is 18.2 Å². The fourth-order valence-corrected chi connectivity index (χ4v) is 3.14. The summed E-state index contributed by atoms with van der Waals surface area (Å²) in [5.41, 5.74) is 1.14. The third kappa shape index (κ3) is 6.34. The quantitative estimate of drug-likeness (QED) is 0.324. The first-order chi connectivity index (χ1) is 13.2. The molecule has 1 heterocycles. The van der Waals surface area contributed by atoms with E-state index in [1.165, 1.54) is 7.11 Å². The lowest BCUT2D eigenvalue weighted by atomic mass is 10.2. The monoisotopic (exact) mass is 376 g/mol. The number of carbonyl (C=O) groups excluding carboxylic acids is 1. The Hall–Kier alpha value is -2.44. The summed E-state index contributed by atoms with van der Waals surface area (Å²) in [6.07, 6.45) is 2.14. The van der Waals surface area contributed by atoms with Crippen LogP contribution in [0.4, 0.5) is 5.69 Å². The summed E-state index contributed by atoms with van der Waals surface area (Å²) >= 11 is 0. The Morgan fingerprint density at radius 3 is 2.56 bits per heavy atom. The van der Waals surface area contributed by atoms with Crippen LogP contribution in [0.15, 0.2) is 29.3 Å². The van der Waals surface area contributed by atoms with Gasteiger partial charge in [0.05, 0.1) is 19.9 Å². The van der Waals surface area contributed by atoms with Crippen LogP contribution in [-0.2, 0) is 9.53 Å². The minimum Gasteiger partial charge on any atom is -0.495 e. The highest BCUT2D eigenvalue weighted by molar-refractivity contribution is 5.80. The zero-order chi connectivity index (χ0) is 19.5. The molecule has 1 aliphatic rings. The van der Waals surface area contributed by atoms with Crippen LogP contribution in [-0.4, -0.2) is 70.3 Å². The normalized spacial score (nSPS) is 14.9. The van der Waals surface area contributed by atoms with Crippen LogP contribution >= 0.6 is 0 Å². The number of piperazine rings is 1. The summed E-state index contributed by atoms with van der Waals surface area (Å²) in [5, 5.41) is 3.38. The number of nitrogens with zero attached hydrogens (tertiary/aromatic N) is 3. The number of unbranched alkanes of at least 4 members (excludes halogenated alkanes) is 1. The molecule has 1 aliphatic heterocycles. The van der Waals surface area contributed by atoms with Crippen molar-refractivity contribution in [3.8, 4) is 5.75 Å². The molecule has 0 saturated carbocycles. The van der Waals surface area contributed by atoms with Gasteiger partial charge in [-0.15, -0.1) is 0 Å². The number of aliphatic imine (C=N–C) groups is 1. The lowest BCUT2D eigenvalue weighted by Gasteiger charge is -2.38. The van der Waals surface area contributed by atoms with Crippen LogP contribution < -0.4 is 15.0 Å². The van der Waals surface area contributed by atoms with E-state index >= 15 is 0 Å². The van der Waals surface area contributed by atoms with E-state index in [9.17, 15) is 4.79 Å². The van der Waals surface area contributed by atoms with Crippen molar-refractivity contribution in [3.63, 3.8) is 0 Å². The molecule has 1 saturated heterocycles. The van der Waals surface area contributed by atoms with Crippen molar-refractivity contribution < 1.29 is 14.3 Å². The zero-order valence-electron chi connectivity index (χ0n) is 16.7. The Bertz CT molecular complexity index is 613. The molecule has 7 nitrogen and oxygen atoms in total. The van der Waals surface area contributed by atoms with Gasteiger partial charge in [-0.1, -0.05) is 12.1 Å². The summed E-state index contributed by atoms with van der Waals surface area (Å²) < 4.78 is 10.2. The van der Waals surface area contributed by atoms with Gasteiger partial charge in [0.15, 0.2) is 5.96 Å². The van der Waals surface area contributed by atoms with Gasteiger partial charge in [0.2, 0.25) is 0 Å². The van der Waals surface area contributed by atoms with Crippen molar-refractivity contribution in [1.82, 2.24) is 10.2 Å². The molecule has 0 bridgehead atoms. The predicted octanol–water partition coefficient (Wildman–Crippen LogP) is 2.13. The van der Waals surface area contributed by atoms with Gasteiger partial charge in [0.25, 0.3) is 0 Å². The molecule has 0 amide bonds. The molecule has 150 valence electrons. The SMILES string of the molecule is CCNC(=NCCCCC(=O)OC)N1CCN(c2ccccc2OC)CC1. The van der Waals surface area contributed by atoms with E-state index in [0.29, 0.717) is 13.0 Å². The number of carbonyl (C=O) groups is 1. The smallest absolute Gasteiger partial charge is 0.305 e. The largest absolute Gasteiger partial charge is 0.495 e. The van der Waals surface area contributed by atoms with Gasteiger partial charge in [0.1, 0.15) is 5.75 Å². The summed E-state index contributed by atoms with van der Waals surface area (Å²) in [6, 6.07) is 8.15. The van der Waals surface area contributed by atoms with Gasteiger partial charge >= 0.3 is 5.97 Å². The molecule has 2 rings (SSSR count). The molecule has 0 unspecified atom stereocenters. The van der Waals surface area contributed by atoms with Gasteiger partial charge < -0.3 is 24.6 Å². The highest BCUT2D eigenvalue weighted by atomic mass is 16.5. The minimum atomic E-state index is -0.154. The zero-order valence-corrected chi connectivity index (χ0v) is 16.7. The molecule has 1 aromatic carbocycles. The lowest BCUT2D eigenvalue weighted by Crippen LogP contribution is -2.52. The second-order valence-corrected chi connectivity index (χ2v) is 6.41. The van der Waals surface area contributed by atoms with E-state index in [1.54, 1.807) is 7.11 Å². The molecule has 7 heteroatoms. The first-order valence-corrected chi connectivity index (χ1v) is 9.67. The second kappa shape index (κ2) is 11.3. The van der Waals surface area contributed by atoms with Crippen LogP contribution in [0.3, 0.4) is 0 Å². The summed E-state index contributed by atoms with van der Waals surface area (Å²) in [6.45, 7) is 7.30. The minimum absolute atomic E-state index is 0.154. The van der Waals surface area contributed by atoms with Crippen LogP contribution in [0.2, 0.25) is 0 Å². The van der Waals surface area contributed by atoms with Crippen LogP contribution in [0.1, 0.15) is 26.2 Å². The first-order valence-electron chi connectivity index (χ1n) is 9.67. The number of anilines is 1. The maximum absolute atomic E-state index is 11.2. The van der Waals surface area contributed by atoms with Gasteiger partial charge in [-0.25, -0.2) is 0 Å². The molecule has 1 N–H and O–H groups in total. The van der Waals surface area contributed by atoms with E-state index in [0.717, 1.165) is 63.0 Å². The van der Waals surface area contributed by atoms with Gasteiger partial charge in [0, 0.05) is 45.7 Å². The molecular formula is C20H32N4O3. The Morgan fingerprint density at radius 1 is 1.15 bits per heavy atom. The standard InChI is InChI=1S/C20H32N4O3/c1-4-21-20(22-12-8-7-11-19(25)27-3)24-15-13-23(14-16-24)17-9-5-6-10-18(17)26-2/h5-6,9-10H,4,7-8,11-16H2,1-3H3,(H,21,22). The highest BCUT2D eigenvalue weighted by Gasteiger charge is 2.21. The fourth-order valence-electron chi connectivity index (χ4n) is 3.14. The number of esters is 1. The second-order valence-electron chi connectivity index (χ2n) is 6.41. The molecule has 1 aromatic rings. The molecule has 0 radical (unpaired) electrons. The number of hydrogen-bond donors (Lipinski definition) is 1. The lowest BCUT2D eigenvalue weighted by molar-refractivity contribution is -0.140. The third-order valence-corrected chi connectivity index (χ3v) is 4.62. The molecule has 0 atom stereocenters. The average Bonchev–Trinajstić information content (AvgIpc) is 2.72. The molecular weight excluding hydrogens is 344 g/mol. The van der Waals surface area contributed by atoms with E-state index in [2.05, 4.69) is 32.8 Å². The third-order valence-electron chi connectivity index (χ3n) is 4.62. The van der Waals surface area contributed by atoms with Gasteiger partial charge in [-0.2, -0.15) is 0 Å². The predicted molar refractivity (Wildman–Crippen MR) is 109 cm³/mol. The van der Waals surface area contributed by atoms with E-state index in [-0.39, 0.29) is 5.97 Å². The van der Waals surface area contributed by atoms with Crippen molar-refractivity contribution in [2.75, 3.05) is 58.4 Å². The number of benzene rings is 1. The van der Waals surface area contributed by atoms with Crippen LogP contribution in [0.25, 0.3) is 0 Å². The number of guanidine groups is 1. The van der Waals surface area contributed by atoms with Gasteiger partial charge in [-0.3, -0.25) is 9.79 Å². The molecule has 0 aliphatic carbocycles. The topological polar surface area (TPSA) is 66.4 Å². The summed E-state index contributed by atoms with van der Waals surface area (Å²) in [5.74, 6) is 1.71. The van der Waals surface area contributed by atoms with Crippen molar-refractivity contribution >= 4 is 17.6 Å². The Balaban J connectivity index is 1.86. The summed E-state index contributed by atoms with van der Waals surface area (Å²) in [7, 11) is 3.14. The van der Waals surface area contributed by atoms with E-state index < -0.39 is 0 Å². The Kier molecular flexibility index (Phi) is 8.74. The molecule has 0 aromatic heterocycles.